The fourth-order valence-corrected chi connectivity index (χ4v) is 3.10. The standard InChI is InChI=1S/C14H19BN4O/c1-8-10-7-11(15)13(20)19(9-5-3-4-6-9)12(10)18-14(16-2)17-8/h7,9H,3-6,15H2,1-2H3,(H,16,17,18). The molecule has 0 spiro atoms. The molecule has 1 aliphatic rings. The summed E-state index contributed by atoms with van der Waals surface area (Å²) in [6, 6.07) is 2.20. The zero-order valence-electron chi connectivity index (χ0n) is 12.2. The highest BCUT2D eigenvalue weighted by atomic mass is 16.1. The zero-order chi connectivity index (χ0) is 14.3. The highest BCUT2D eigenvalue weighted by Crippen LogP contribution is 2.30. The van der Waals surface area contributed by atoms with Crippen LogP contribution in [-0.4, -0.2) is 29.4 Å². The van der Waals surface area contributed by atoms with E-state index in [2.05, 4.69) is 15.3 Å². The van der Waals surface area contributed by atoms with Gasteiger partial charge in [-0.1, -0.05) is 18.9 Å². The van der Waals surface area contributed by atoms with Gasteiger partial charge < -0.3 is 5.32 Å². The topological polar surface area (TPSA) is 59.8 Å². The summed E-state index contributed by atoms with van der Waals surface area (Å²) in [5.41, 5.74) is 2.54. The molecule has 1 fully saturated rings. The van der Waals surface area contributed by atoms with Gasteiger partial charge in [0.25, 0.3) is 0 Å². The van der Waals surface area contributed by atoms with Crippen LogP contribution < -0.4 is 16.3 Å². The van der Waals surface area contributed by atoms with Crippen molar-refractivity contribution in [3.63, 3.8) is 0 Å². The minimum atomic E-state index is 0.0875. The molecule has 5 nitrogen and oxygen atoms in total. The molecule has 0 bridgehead atoms. The molecular formula is C14H19BN4O. The van der Waals surface area contributed by atoms with E-state index in [1.165, 1.54) is 12.8 Å². The molecule has 2 aromatic rings. The SMILES string of the molecule is Bc1cc2c(C)nc(NC)nc2n(C2CCCC2)c1=O. The second kappa shape index (κ2) is 4.92. The fraction of sp³-hybridized carbons (Fsp3) is 0.500. The maximum absolute atomic E-state index is 12.6. The number of anilines is 1. The molecule has 2 heterocycles. The van der Waals surface area contributed by atoms with Crippen LogP contribution in [0.4, 0.5) is 5.95 Å². The second-order valence-corrected chi connectivity index (χ2v) is 5.56. The Bertz CT molecular complexity index is 719. The van der Waals surface area contributed by atoms with E-state index in [1.807, 2.05) is 25.4 Å². The van der Waals surface area contributed by atoms with Gasteiger partial charge in [0, 0.05) is 18.5 Å². The summed E-state index contributed by atoms with van der Waals surface area (Å²) in [5.74, 6) is 0.574. The lowest BCUT2D eigenvalue weighted by molar-refractivity contribution is 0.517. The van der Waals surface area contributed by atoms with Gasteiger partial charge in [-0.3, -0.25) is 9.36 Å². The van der Waals surface area contributed by atoms with Crippen molar-refractivity contribution in [1.82, 2.24) is 14.5 Å². The predicted molar refractivity (Wildman–Crippen MR) is 83.8 cm³/mol. The third-order valence-electron chi connectivity index (χ3n) is 4.17. The molecule has 0 saturated heterocycles. The molecular weight excluding hydrogens is 251 g/mol. The summed E-state index contributed by atoms with van der Waals surface area (Å²) in [6.45, 7) is 1.97. The van der Waals surface area contributed by atoms with Gasteiger partial charge in [0.05, 0.1) is 5.69 Å². The summed E-state index contributed by atoms with van der Waals surface area (Å²) < 4.78 is 1.90. The third kappa shape index (κ3) is 1.99. The Balaban J connectivity index is 2.37. The van der Waals surface area contributed by atoms with Crippen LogP contribution in [0.2, 0.25) is 0 Å². The zero-order valence-corrected chi connectivity index (χ0v) is 12.2. The number of aryl methyl sites for hydroxylation is 1. The Morgan fingerprint density at radius 2 is 2.05 bits per heavy atom. The fourth-order valence-electron chi connectivity index (χ4n) is 3.10. The molecule has 0 unspecified atom stereocenters. The highest BCUT2D eigenvalue weighted by molar-refractivity contribution is 6.32. The summed E-state index contributed by atoms with van der Waals surface area (Å²) >= 11 is 0. The highest BCUT2D eigenvalue weighted by Gasteiger charge is 2.22. The lowest BCUT2D eigenvalue weighted by Gasteiger charge is -2.18. The first-order valence-electron chi connectivity index (χ1n) is 7.20. The molecule has 3 rings (SSSR count). The van der Waals surface area contributed by atoms with E-state index >= 15 is 0 Å². The number of hydrogen-bond donors (Lipinski definition) is 1. The van der Waals surface area contributed by atoms with Gasteiger partial charge in [-0.05, 0) is 25.2 Å². The Hall–Kier alpha value is -1.85. The lowest BCUT2D eigenvalue weighted by atomic mass is 9.96. The summed E-state index contributed by atoms with van der Waals surface area (Å²) in [6.07, 6.45) is 4.51. The van der Waals surface area contributed by atoms with Gasteiger partial charge in [-0.25, -0.2) is 4.98 Å². The first-order chi connectivity index (χ1) is 9.61. The van der Waals surface area contributed by atoms with E-state index < -0.39 is 0 Å². The molecule has 0 amide bonds. The van der Waals surface area contributed by atoms with Crippen molar-refractivity contribution in [3.8, 4) is 0 Å². The maximum atomic E-state index is 12.6. The van der Waals surface area contributed by atoms with Crippen LogP contribution in [0.1, 0.15) is 37.4 Å². The summed E-state index contributed by atoms with van der Waals surface area (Å²) in [4.78, 5) is 21.5. The molecule has 2 aromatic heterocycles. The van der Waals surface area contributed by atoms with Crippen molar-refractivity contribution in [2.45, 2.75) is 38.6 Å². The van der Waals surface area contributed by atoms with Crippen LogP contribution in [0, 0.1) is 6.92 Å². The van der Waals surface area contributed by atoms with Crippen molar-refractivity contribution in [3.05, 3.63) is 22.1 Å². The molecule has 20 heavy (non-hydrogen) atoms. The van der Waals surface area contributed by atoms with Gasteiger partial charge in [0.1, 0.15) is 13.5 Å². The average molecular weight is 270 g/mol. The third-order valence-corrected chi connectivity index (χ3v) is 4.17. The largest absolute Gasteiger partial charge is 0.357 e. The number of nitrogens with one attached hydrogen (secondary N) is 1. The van der Waals surface area contributed by atoms with Gasteiger partial charge in [-0.15, -0.1) is 0 Å². The van der Waals surface area contributed by atoms with Crippen LogP contribution in [-0.2, 0) is 0 Å². The van der Waals surface area contributed by atoms with E-state index in [4.69, 9.17) is 0 Å². The van der Waals surface area contributed by atoms with E-state index in [9.17, 15) is 4.79 Å². The number of fused-ring (bicyclic) bond motifs is 1. The number of rotatable bonds is 2. The molecule has 1 N–H and O–H groups in total. The first kappa shape index (κ1) is 13.2. The Kier molecular flexibility index (Phi) is 3.24. The average Bonchev–Trinajstić information content (AvgIpc) is 2.94. The van der Waals surface area contributed by atoms with Gasteiger partial charge >= 0.3 is 0 Å². The van der Waals surface area contributed by atoms with Crippen LogP contribution in [0.5, 0.6) is 0 Å². The van der Waals surface area contributed by atoms with E-state index in [-0.39, 0.29) is 11.6 Å². The van der Waals surface area contributed by atoms with Gasteiger partial charge in [0.15, 0.2) is 0 Å². The van der Waals surface area contributed by atoms with Crippen LogP contribution in [0.25, 0.3) is 11.0 Å². The number of pyridine rings is 1. The number of nitrogens with zero attached hydrogens (tertiary/aromatic N) is 3. The van der Waals surface area contributed by atoms with Gasteiger partial charge in [-0.2, -0.15) is 4.98 Å². The summed E-state index contributed by atoms with van der Waals surface area (Å²) in [5, 5.41) is 3.95. The van der Waals surface area contributed by atoms with Crippen molar-refractivity contribution < 1.29 is 0 Å². The first-order valence-corrected chi connectivity index (χ1v) is 7.20. The van der Waals surface area contributed by atoms with E-state index in [1.54, 1.807) is 7.05 Å². The second-order valence-electron chi connectivity index (χ2n) is 5.56. The van der Waals surface area contributed by atoms with Gasteiger partial charge in [0.2, 0.25) is 11.5 Å². The quantitative estimate of drug-likeness (QED) is 0.808. The van der Waals surface area contributed by atoms with Crippen LogP contribution >= 0.6 is 0 Å². The summed E-state index contributed by atoms with van der Waals surface area (Å²) in [7, 11) is 3.67. The Labute approximate surface area is 118 Å². The molecule has 0 radical (unpaired) electrons. The minimum absolute atomic E-state index is 0.0875. The maximum Gasteiger partial charge on any atom is 0.246 e. The van der Waals surface area contributed by atoms with Crippen molar-refractivity contribution in [2.24, 2.45) is 0 Å². The molecule has 1 saturated carbocycles. The van der Waals surface area contributed by atoms with E-state index in [0.717, 1.165) is 35.0 Å². The minimum Gasteiger partial charge on any atom is -0.357 e. The Morgan fingerprint density at radius 3 is 2.70 bits per heavy atom. The van der Waals surface area contributed by atoms with Crippen molar-refractivity contribution >= 4 is 30.3 Å². The predicted octanol–water partition coefficient (Wildman–Crippen LogP) is 0.515. The molecule has 104 valence electrons. The molecule has 0 aromatic carbocycles. The number of hydrogen-bond acceptors (Lipinski definition) is 4. The lowest BCUT2D eigenvalue weighted by Crippen LogP contribution is -2.36. The molecule has 1 aliphatic carbocycles. The molecule has 6 heteroatoms. The molecule has 0 aliphatic heterocycles. The smallest absolute Gasteiger partial charge is 0.246 e. The van der Waals surface area contributed by atoms with Crippen LogP contribution in [0.15, 0.2) is 10.9 Å². The van der Waals surface area contributed by atoms with Crippen LogP contribution in [0.3, 0.4) is 0 Å². The molecule has 0 atom stereocenters. The van der Waals surface area contributed by atoms with E-state index in [0.29, 0.717) is 5.95 Å². The normalized spacial score (nSPS) is 15.9. The van der Waals surface area contributed by atoms with Crippen molar-refractivity contribution in [2.75, 3.05) is 12.4 Å². The number of aromatic nitrogens is 3. The Morgan fingerprint density at radius 1 is 1.35 bits per heavy atom. The van der Waals surface area contributed by atoms with Crippen molar-refractivity contribution in [1.29, 1.82) is 0 Å². The monoisotopic (exact) mass is 270 g/mol.